The van der Waals surface area contributed by atoms with Gasteiger partial charge in [-0.15, -0.1) is 11.3 Å². The van der Waals surface area contributed by atoms with Gasteiger partial charge in [-0.1, -0.05) is 24.3 Å². The number of nitrogens with one attached hydrogen (secondary N) is 1. The summed E-state index contributed by atoms with van der Waals surface area (Å²) in [7, 11) is 0. The van der Waals surface area contributed by atoms with Crippen molar-refractivity contribution in [2.24, 2.45) is 0 Å². The number of ether oxygens (including phenoxy) is 1. The van der Waals surface area contributed by atoms with Crippen LogP contribution in [-0.2, 0) is 16.0 Å². The number of fused-ring (bicyclic) bond motifs is 1. The molecule has 172 valence electrons. The molecule has 4 aromatic rings. The molecule has 0 saturated carbocycles. The molecule has 3 heterocycles. The fourth-order valence-electron chi connectivity index (χ4n) is 4.46. The average molecular weight is 473 g/mol. The van der Waals surface area contributed by atoms with Crippen molar-refractivity contribution in [3.63, 3.8) is 0 Å². The summed E-state index contributed by atoms with van der Waals surface area (Å²) in [5.41, 5.74) is 2.70. The van der Waals surface area contributed by atoms with Crippen LogP contribution in [0.25, 0.3) is 16.7 Å². The first kappa shape index (κ1) is 22.0. The standard InChI is InChI=1S/C27H24N2O4S/c1-2-33-19-11-9-17(10-12-19)25(30)23-24(22-8-5-15-34-22)29(27(32)26(23)31)14-13-18-16-28-21-7-4-3-6-20(18)21/h3-12,15-16,24,28,30H,2,13-14H2,1H3/b25-23-. The first-order chi connectivity index (χ1) is 16.6. The summed E-state index contributed by atoms with van der Waals surface area (Å²) in [6.45, 7) is 2.78. The number of aliphatic hydroxyl groups is 1. The summed E-state index contributed by atoms with van der Waals surface area (Å²) in [6, 6.07) is 18.0. The van der Waals surface area contributed by atoms with Gasteiger partial charge in [-0.3, -0.25) is 9.59 Å². The summed E-state index contributed by atoms with van der Waals surface area (Å²) < 4.78 is 5.47. The molecule has 2 aromatic heterocycles. The van der Waals surface area contributed by atoms with Crippen LogP contribution in [0.4, 0.5) is 0 Å². The second-order valence-corrected chi connectivity index (χ2v) is 9.05. The van der Waals surface area contributed by atoms with Crippen LogP contribution >= 0.6 is 11.3 Å². The van der Waals surface area contributed by atoms with Crippen LogP contribution in [-0.4, -0.2) is 39.8 Å². The Kier molecular flexibility index (Phi) is 5.94. The number of thiophene rings is 1. The average Bonchev–Trinajstić information content (AvgIpc) is 3.58. The Balaban J connectivity index is 1.50. The van der Waals surface area contributed by atoms with Crippen molar-refractivity contribution < 1.29 is 19.4 Å². The number of aliphatic hydroxyl groups excluding tert-OH is 1. The van der Waals surface area contributed by atoms with Crippen molar-refractivity contribution in [2.45, 2.75) is 19.4 Å². The number of para-hydroxylation sites is 1. The number of nitrogens with zero attached hydrogens (tertiary/aromatic N) is 1. The molecule has 1 unspecified atom stereocenters. The molecular weight excluding hydrogens is 448 g/mol. The molecule has 0 spiro atoms. The molecule has 0 radical (unpaired) electrons. The Morgan fingerprint density at radius 2 is 1.88 bits per heavy atom. The zero-order valence-corrected chi connectivity index (χ0v) is 19.5. The molecule has 1 saturated heterocycles. The van der Waals surface area contributed by atoms with Crippen molar-refractivity contribution in [1.82, 2.24) is 9.88 Å². The third-order valence-electron chi connectivity index (χ3n) is 6.09. The van der Waals surface area contributed by atoms with E-state index in [1.807, 2.05) is 54.9 Å². The maximum absolute atomic E-state index is 13.1. The minimum Gasteiger partial charge on any atom is -0.507 e. The Bertz CT molecular complexity index is 1370. The summed E-state index contributed by atoms with van der Waals surface area (Å²) in [4.78, 5) is 31.9. The number of likely N-dealkylation sites (tertiary alicyclic amines) is 1. The van der Waals surface area contributed by atoms with E-state index in [0.29, 0.717) is 30.9 Å². The van der Waals surface area contributed by atoms with E-state index in [4.69, 9.17) is 4.74 Å². The van der Waals surface area contributed by atoms with Gasteiger partial charge in [-0.25, -0.2) is 0 Å². The van der Waals surface area contributed by atoms with Crippen LogP contribution in [0.5, 0.6) is 5.75 Å². The topological polar surface area (TPSA) is 82.6 Å². The number of amides is 1. The maximum Gasteiger partial charge on any atom is 0.295 e. The molecule has 1 atom stereocenters. The molecule has 1 amide bonds. The Hall–Kier alpha value is -3.84. The summed E-state index contributed by atoms with van der Waals surface area (Å²) in [6.07, 6.45) is 2.53. The van der Waals surface area contributed by atoms with Gasteiger partial charge in [0.15, 0.2) is 0 Å². The van der Waals surface area contributed by atoms with Gasteiger partial charge >= 0.3 is 0 Å². The van der Waals surface area contributed by atoms with E-state index in [-0.39, 0.29) is 11.3 Å². The summed E-state index contributed by atoms with van der Waals surface area (Å²) >= 11 is 1.46. The van der Waals surface area contributed by atoms with Crippen molar-refractivity contribution in [3.8, 4) is 5.75 Å². The van der Waals surface area contributed by atoms with Crippen LogP contribution in [0.2, 0.25) is 0 Å². The normalized spacial score (nSPS) is 17.6. The monoisotopic (exact) mass is 472 g/mol. The minimum absolute atomic E-state index is 0.121. The molecule has 34 heavy (non-hydrogen) atoms. The maximum atomic E-state index is 13.1. The lowest BCUT2D eigenvalue weighted by Crippen LogP contribution is -2.31. The fourth-order valence-corrected chi connectivity index (χ4v) is 5.31. The van der Waals surface area contributed by atoms with E-state index in [0.717, 1.165) is 21.3 Å². The van der Waals surface area contributed by atoms with E-state index in [9.17, 15) is 14.7 Å². The highest BCUT2D eigenvalue weighted by atomic mass is 32.1. The van der Waals surface area contributed by atoms with Gasteiger partial charge in [0, 0.05) is 34.1 Å². The van der Waals surface area contributed by atoms with Gasteiger partial charge in [0.05, 0.1) is 18.2 Å². The van der Waals surface area contributed by atoms with Crippen LogP contribution in [0.15, 0.2) is 77.8 Å². The number of aromatic amines is 1. The molecule has 5 rings (SSSR count). The molecule has 1 fully saturated rings. The van der Waals surface area contributed by atoms with Crippen molar-refractivity contribution in [2.75, 3.05) is 13.2 Å². The van der Waals surface area contributed by atoms with Gasteiger partial charge in [-0.05, 0) is 60.7 Å². The highest BCUT2D eigenvalue weighted by molar-refractivity contribution is 7.10. The van der Waals surface area contributed by atoms with Gasteiger partial charge in [0.25, 0.3) is 11.7 Å². The lowest BCUT2D eigenvalue weighted by atomic mass is 9.99. The number of benzene rings is 2. The van der Waals surface area contributed by atoms with E-state index < -0.39 is 17.7 Å². The number of carbonyl (C=O) groups is 2. The molecule has 6 nitrogen and oxygen atoms in total. The number of aromatic nitrogens is 1. The molecule has 0 aliphatic carbocycles. The minimum atomic E-state index is -0.663. The molecule has 2 N–H and O–H groups in total. The lowest BCUT2D eigenvalue weighted by Gasteiger charge is -2.24. The smallest absolute Gasteiger partial charge is 0.295 e. The number of Topliss-reactive ketones (excluding diaryl/α,β-unsaturated/α-hetero) is 1. The molecule has 1 aliphatic heterocycles. The largest absolute Gasteiger partial charge is 0.507 e. The number of H-pyrrole nitrogens is 1. The van der Waals surface area contributed by atoms with Gasteiger partial charge in [0.1, 0.15) is 11.5 Å². The van der Waals surface area contributed by atoms with Crippen molar-refractivity contribution in [1.29, 1.82) is 0 Å². The predicted molar refractivity (Wildman–Crippen MR) is 133 cm³/mol. The summed E-state index contributed by atoms with van der Waals surface area (Å²) in [5, 5.41) is 14.2. The highest BCUT2D eigenvalue weighted by Crippen LogP contribution is 2.41. The number of rotatable bonds is 7. The van der Waals surface area contributed by atoms with E-state index in [1.165, 1.54) is 11.3 Å². The third kappa shape index (κ3) is 3.88. The Morgan fingerprint density at radius 1 is 1.09 bits per heavy atom. The van der Waals surface area contributed by atoms with E-state index in [2.05, 4.69) is 4.98 Å². The van der Waals surface area contributed by atoms with Crippen LogP contribution in [0, 0.1) is 0 Å². The first-order valence-corrected chi connectivity index (χ1v) is 12.1. The fraction of sp³-hybridized carbons (Fsp3) is 0.185. The van der Waals surface area contributed by atoms with Crippen molar-refractivity contribution in [3.05, 3.63) is 93.8 Å². The Labute approximate surface area is 201 Å². The van der Waals surface area contributed by atoms with Gasteiger partial charge in [-0.2, -0.15) is 0 Å². The third-order valence-corrected chi connectivity index (χ3v) is 7.01. The first-order valence-electron chi connectivity index (χ1n) is 11.2. The van der Waals surface area contributed by atoms with E-state index >= 15 is 0 Å². The summed E-state index contributed by atoms with van der Waals surface area (Å²) in [5.74, 6) is -0.753. The Morgan fingerprint density at radius 3 is 2.62 bits per heavy atom. The predicted octanol–water partition coefficient (Wildman–Crippen LogP) is 5.29. The van der Waals surface area contributed by atoms with Crippen molar-refractivity contribution >= 4 is 39.7 Å². The van der Waals surface area contributed by atoms with Gasteiger partial charge in [0.2, 0.25) is 0 Å². The lowest BCUT2D eigenvalue weighted by molar-refractivity contribution is -0.139. The number of hydrogen-bond acceptors (Lipinski definition) is 5. The SMILES string of the molecule is CCOc1ccc(/C(O)=C2/C(=O)C(=O)N(CCc3c[nH]c4ccccc34)C2c2cccs2)cc1. The molecule has 1 aliphatic rings. The van der Waals surface area contributed by atoms with Crippen LogP contribution < -0.4 is 4.74 Å². The quantitative estimate of drug-likeness (QED) is 0.217. The second-order valence-electron chi connectivity index (χ2n) is 8.07. The molecular formula is C27H24N2O4S. The second kappa shape index (κ2) is 9.19. The van der Waals surface area contributed by atoms with Crippen LogP contribution in [0.3, 0.4) is 0 Å². The number of hydrogen-bond donors (Lipinski definition) is 2. The van der Waals surface area contributed by atoms with Crippen LogP contribution in [0.1, 0.15) is 29.0 Å². The molecule has 7 heteroatoms. The molecule has 2 aromatic carbocycles. The zero-order valence-electron chi connectivity index (χ0n) is 18.7. The molecule has 0 bridgehead atoms. The van der Waals surface area contributed by atoms with Gasteiger partial charge < -0.3 is 19.7 Å². The number of carbonyl (C=O) groups excluding carboxylic acids is 2. The van der Waals surface area contributed by atoms with E-state index in [1.54, 1.807) is 29.2 Å². The highest BCUT2D eigenvalue weighted by Gasteiger charge is 2.46. The zero-order chi connectivity index (χ0) is 23.7. The number of ketones is 1.